The van der Waals surface area contributed by atoms with E-state index >= 15 is 0 Å². The third-order valence-electron chi connectivity index (χ3n) is 3.57. The van der Waals surface area contributed by atoms with Crippen LogP contribution in [0.25, 0.3) is 10.9 Å². The molecule has 1 amide bonds. The number of para-hydroxylation sites is 1. The minimum atomic E-state index is -0.331. The van der Waals surface area contributed by atoms with Gasteiger partial charge in [-0.3, -0.25) is 4.79 Å². The standard InChI is InChI=1S/C17H14ClFN2O/c1-10(11-5-4-6-12(19)9-11)20-17(22)16-15(18)13-7-2-3-8-14(13)21-16/h2-10,21H,1H3,(H,20,22)/t10-/m0/s1. The van der Waals surface area contributed by atoms with E-state index in [4.69, 9.17) is 11.6 Å². The number of H-pyrrole nitrogens is 1. The predicted octanol–water partition coefficient (Wildman–Crippen LogP) is 4.45. The lowest BCUT2D eigenvalue weighted by Gasteiger charge is -2.14. The molecule has 3 aromatic rings. The van der Waals surface area contributed by atoms with Crippen molar-refractivity contribution in [3.8, 4) is 0 Å². The number of halogens is 2. The molecule has 0 fully saturated rings. The second-order valence-corrected chi connectivity index (χ2v) is 5.49. The number of aromatic amines is 1. The number of benzene rings is 2. The van der Waals surface area contributed by atoms with Gasteiger partial charge in [-0.1, -0.05) is 41.9 Å². The zero-order valence-electron chi connectivity index (χ0n) is 11.9. The summed E-state index contributed by atoms with van der Waals surface area (Å²) in [5, 5.41) is 4.01. The van der Waals surface area contributed by atoms with Crippen molar-refractivity contribution in [2.45, 2.75) is 13.0 Å². The molecule has 22 heavy (non-hydrogen) atoms. The van der Waals surface area contributed by atoms with Crippen molar-refractivity contribution in [2.75, 3.05) is 0 Å². The highest BCUT2D eigenvalue weighted by atomic mass is 35.5. The summed E-state index contributed by atoms with van der Waals surface area (Å²) >= 11 is 6.25. The van der Waals surface area contributed by atoms with Crippen molar-refractivity contribution < 1.29 is 9.18 Å². The van der Waals surface area contributed by atoms with Gasteiger partial charge in [-0.25, -0.2) is 4.39 Å². The lowest BCUT2D eigenvalue weighted by molar-refractivity contribution is 0.0935. The van der Waals surface area contributed by atoms with Crippen LogP contribution in [0.3, 0.4) is 0 Å². The maximum Gasteiger partial charge on any atom is 0.269 e. The molecule has 3 rings (SSSR count). The number of hydrogen-bond acceptors (Lipinski definition) is 1. The van der Waals surface area contributed by atoms with Crippen LogP contribution >= 0.6 is 11.6 Å². The molecular formula is C17H14ClFN2O. The number of rotatable bonds is 3. The topological polar surface area (TPSA) is 44.9 Å². The van der Waals surface area contributed by atoms with Gasteiger partial charge in [-0.05, 0) is 30.7 Å². The third kappa shape index (κ3) is 2.70. The molecule has 2 aromatic carbocycles. The van der Waals surface area contributed by atoms with E-state index in [1.165, 1.54) is 12.1 Å². The van der Waals surface area contributed by atoms with Crippen molar-refractivity contribution in [1.82, 2.24) is 10.3 Å². The number of aromatic nitrogens is 1. The van der Waals surface area contributed by atoms with Gasteiger partial charge in [0.25, 0.3) is 5.91 Å². The summed E-state index contributed by atoms with van der Waals surface area (Å²) in [7, 11) is 0. The number of hydrogen-bond donors (Lipinski definition) is 2. The number of carbonyl (C=O) groups excluding carboxylic acids is 1. The predicted molar refractivity (Wildman–Crippen MR) is 85.6 cm³/mol. The summed E-state index contributed by atoms with van der Waals surface area (Å²) in [4.78, 5) is 15.4. The third-order valence-corrected chi connectivity index (χ3v) is 3.96. The van der Waals surface area contributed by atoms with Crippen LogP contribution in [0.1, 0.15) is 29.0 Å². The maximum absolute atomic E-state index is 13.3. The Balaban J connectivity index is 1.85. The molecule has 0 spiro atoms. The van der Waals surface area contributed by atoms with Crippen molar-refractivity contribution in [2.24, 2.45) is 0 Å². The summed E-state index contributed by atoms with van der Waals surface area (Å²) in [6.07, 6.45) is 0. The summed E-state index contributed by atoms with van der Waals surface area (Å²) in [6.45, 7) is 1.79. The Kier molecular flexibility index (Phi) is 3.86. The number of fused-ring (bicyclic) bond motifs is 1. The van der Waals surface area contributed by atoms with Gasteiger partial charge in [-0.2, -0.15) is 0 Å². The first-order valence-electron chi connectivity index (χ1n) is 6.89. The van der Waals surface area contributed by atoms with Crippen molar-refractivity contribution >= 4 is 28.4 Å². The fraction of sp³-hybridized carbons (Fsp3) is 0.118. The molecule has 0 unspecified atom stereocenters. The van der Waals surface area contributed by atoms with E-state index in [1.54, 1.807) is 19.1 Å². The SMILES string of the molecule is C[C@H](NC(=O)c1[nH]c2ccccc2c1Cl)c1cccc(F)c1. The highest BCUT2D eigenvalue weighted by molar-refractivity contribution is 6.38. The van der Waals surface area contributed by atoms with Crippen LogP contribution in [0, 0.1) is 5.82 Å². The highest BCUT2D eigenvalue weighted by Crippen LogP contribution is 2.27. The monoisotopic (exact) mass is 316 g/mol. The molecule has 1 aromatic heterocycles. The van der Waals surface area contributed by atoms with Gasteiger partial charge >= 0.3 is 0 Å². The number of carbonyl (C=O) groups is 1. The Hall–Kier alpha value is -2.33. The van der Waals surface area contributed by atoms with E-state index in [0.29, 0.717) is 16.3 Å². The van der Waals surface area contributed by atoms with E-state index in [-0.39, 0.29) is 17.8 Å². The minimum absolute atomic E-state index is 0.311. The zero-order chi connectivity index (χ0) is 15.7. The van der Waals surface area contributed by atoms with Gasteiger partial charge in [0.05, 0.1) is 11.1 Å². The molecule has 0 aliphatic carbocycles. The van der Waals surface area contributed by atoms with Crippen LogP contribution < -0.4 is 5.32 Å². The highest BCUT2D eigenvalue weighted by Gasteiger charge is 2.18. The Labute approximate surface area is 132 Å². The lowest BCUT2D eigenvalue weighted by atomic mass is 10.1. The van der Waals surface area contributed by atoms with Gasteiger partial charge in [0.2, 0.25) is 0 Å². The molecule has 1 atom stereocenters. The quantitative estimate of drug-likeness (QED) is 0.736. The van der Waals surface area contributed by atoms with Crippen LogP contribution in [-0.2, 0) is 0 Å². The first-order chi connectivity index (χ1) is 10.6. The van der Waals surface area contributed by atoms with E-state index in [1.807, 2.05) is 24.3 Å². The van der Waals surface area contributed by atoms with Gasteiger partial charge in [0.15, 0.2) is 0 Å². The molecule has 0 radical (unpaired) electrons. The molecule has 0 saturated heterocycles. The Morgan fingerprint density at radius 2 is 2.00 bits per heavy atom. The maximum atomic E-state index is 13.3. The van der Waals surface area contributed by atoms with E-state index < -0.39 is 0 Å². The molecule has 112 valence electrons. The first kappa shape index (κ1) is 14.6. The molecule has 1 heterocycles. The van der Waals surface area contributed by atoms with Gasteiger partial charge in [0.1, 0.15) is 11.5 Å². The normalized spacial score (nSPS) is 12.3. The fourth-order valence-electron chi connectivity index (χ4n) is 2.39. The molecule has 2 N–H and O–H groups in total. The van der Waals surface area contributed by atoms with Crippen LogP contribution in [0.5, 0.6) is 0 Å². The number of nitrogens with one attached hydrogen (secondary N) is 2. The van der Waals surface area contributed by atoms with Crippen LogP contribution in [0.15, 0.2) is 48.5 Å². The Morgan fingerprint density at radius 1 is 1.23 bits per heavy atom. The smallest absolute Gasteiger partial charge is 0.269 e. The van der Waals surface area contributed by atoms with Crippen molar-refractivity contribution in [1.29, 1.82) is 0 Å². The largest absolute Gasteiger partial charge is 0.349 e. The molecule has 0 aliphatic heterocycles. The van der Waals surface area contributed by atoms with Gasteiger partial charge in [-0.15, -0.1) is 0 Å². The van der Waals surface area contributed by atoms with Crippen molar-refractivity contribution in [3.05, 3.63) is 70.6 Å². The fourth-order valence-corrected chi connectivity index (χ4v) is 2.69. The molecule has 0 aliphatic rings. The second-order valence-electron chi connectivity index (χ2n) is 5.11. The Bertz CT molecular complexity index is 844. The average molecular weight is 317 g/mol. The van der Waals surface area contributed by atoms with Crippen LogP contribution in [0.2, 0.25) is 5.02 Å². The summed E-state index contributed by atoms with van der Waals surface area (Å²) < 4.78 is 13.3. The van der Waals surface area contributed by atoms with Gasteiger partial charge in [0, 0.05) is 10.9 Å². The molecule has 5 heteroatoms. The van der Waals surface area contributed by atoms with Crippen LogP contribution in [0.4, 0.5) is 4.39 Å². The van der Waals surface area contributed by atoms with Gasteiger partial charge < -0.3 is 10.3 Å². The molecule has 0 saturated carbocycles. The van der Waals surface area contributed by atoms with Crippen molar-refractivity contribution in [3.63, 3.8) is 0 Å². The first-order valence-corrected chi connectivity index (χ1v) is 7.26. The number of amides is 1. The summed E-state index contributed by atoms with van der Waals surface area (Å²) in [6, 6.07) is 13.3. The van der Waals surface area contributed by atoms with E-state index in [0.717, 1.165) is 10.9 Å². The second kappa shape index (κ2) is 5.81. The van der Waals surface area contributed by atoms with E-state index in [2.05, 4.69) is 10.3 Å². The average Bonchev–Trinajstić information content (AvgIpc) is 2.85. The molecule has 3 nitrogen and oxygen atoms in total. The van der Waals surface area contributed by atoms with E-state index in [9.17, 15) is 9.18 Å². The minimum Gasteiger partial charge on any atom is -0.349 e. The lowest BCUT2D eigenvalue weighted by Crippen LogP contribution is -2.27. The van der Waals surface area contributed by atoms with Crippen LogP contribution in [-0.4, -0.2) is 10.9 Å². The Morgan fingerprint density at radius 3 is 2.73 bits per heavy atom. The molecular weight excluding hydrogens is 303 g/mol. The zero-order valence-corrected chi connectivity index (χ0v) is 12.6. The molecule has 0 bridgehead atoms. The summed E-state index contributed by atoms with van der Waals surface area (Å²) in [5.74, 6) is -0.653. The summed E-state index contributed by atoms with van der Waals surface area (Å²) in [5.41, 5.74) is 1.81.